The number of halogens is 3. The molecule has 5 atom stereocenters. The van der Waals surface area contributed by atoms with E-state index in [4.69, 9.17) is 0 Å². The highest BCUT2D eigenvalue weighted by Crippen LogP contribution is 2.43. The Morgan fingerprint density at radius 3 is 2.16 bits per heavy atom. The molecule has 5 unspecified atom stereocenters. The quantitative estimate of drug-likeness (QED) is 0.310. The molecular weight excluding hydrogens is 601 g/mol. The predicted octanol–water partition coefficient (Wildman–Crippen LogP) is 1.88. The molecule has 0 radical (unpaired) electrons. The zero-order valence-electron chi connectivity index (χ0n) is 25.8. The summed E-state index contributed by atoms with van der Waals surface area (Å²) in [5.41, 5.74) is 0.278. The van der Waals surface area contributed by atoms with Gasteiger partial charge in [-0.3, -0.25) is 4.79 Å². The van der Waals surface area contributed by atoms with E-state index < -0.39 is 49.1 Å². The van der Waals surface area contributed by atoms with E-state index in [1.807, 2.05) is 0 Å². The van der Waals surface area contributed by atoms with Crippen LogP contribution in [0.2, 0.25) is 0 Å². The number of hydrogen-bond acceptors (Lipinski definition) is 5. The Labute approximate surface area is 258 Å². The molecule has 0 aromatic carbocycles. The number of alkyl halides is 3. The lowest BCUT2D eigenvalue weighted by atomic mass is 9.79. The second kappa shape index (κ2) is 13.0. The number of hydrogen-bond donors (Lipinski definition) is 3. The molecule has 44 heavy (non-hydrogen) atoms. The van der Waals surface area contributed by atoms with Crippen molar-refractivity contribution in [3.05, 3.63) is 17.0 Å². The van der Waals surface area contributed by atoms with E-state index in [0.29, 0.717) is 71.1 Å². The van der Waals surface area contributed by atoms with Crippen molar-refractivity contribution in [3.63, 3.8) is 0 Å². The highest BCUT2D eigenvalue weighted by atomic mass is 32.2. The van der Waals surface area contributed by atoms with Gasteiger partial charge in [0, 0.05) is 45.7 Å². The Hall–Kier alpha value is -1.94. The van der Waals surface area contributed by atoms with Gasteiger partial charge < -0.3 is 20.7 Å². The number of allylic oxidation sites excluding steroid dienone is 1. The van der Waals surface area contributed by atoms with E-state index in [1.54, 1.807) is 10.4 Å². The molecule has 15 heteroatoms. The fourth-order valence-electron chi connectivity index (χ4n) is 8.26. The second-order valence-corrected chi connectivity index (χ2v) is 15.7. The van der Waals surface area contributed by atoms with E-state index in [-0.39, 0.29) is 36.2 Å². The maximum Gasteiger partial charge on any atom is 0.447 e. The molecule has 250 valence electrons. The van der Waals surface area contributed by atoms with Crippen LogP contribution in [0.3, 0.4) is 0 Å². The minimum atomic E-state index is -4.82. The zero-order chi connectivity index (χ0) is 31.9. The minimum absolute atomic E-state index is 0.0509. The molecule has 11 nitrogen and oxygen atoms in total. The third-order valence-electron chi connectivity index (χ3n) is 10.9. The van der Waals surface area contributed by atoms with Gasteiger partial charge in [0.15, 0.2) is 11.6 Å². The molecule has 4 heterocycles. The first-order valence-corrected chi connectivity index (χ1v) is 17.7. The molecule has 0 aromatic heterocycles. The summed E-state index contributed by atoms with van der Waals surface area (Å²) in [6.45, 7) is 1.71. The number of nitrogens with one attached hydrogen (secondary N) is 3. The van der Waals surface area contributed by atoms with Gasteiger partial charge in [0.25, 0.3) is 0 Å². The molecule has 4 aliphatic heterocycles. The number of amides is 3. The van der Waals surface area contributed by atoms with Gasteiger partial charge in [0.2, 0.25) is 22.0 Å². The van der Waals surface area contributed by atoms with Crippen LogP contribution in [0, 0.1) is 23.0 Å². The first kappa shape index (κ1) is 33.4. The van der Waals surface area contributed by atoms with Gasteiger partial charge in [-0.25, -0.2) is 17.5 Å². The van der Waals surface area contributed by atoms with Crippen LogP contribution in [-0.4, -0.2) is 104 Å². The van der Waals surface area contributed by atoms with Crippen LogP contribution in [-0.2, 0) is 14.8 Å². The summed E-state index contributed by atoms with van der Waals surface area (Å²) in [7, 11) is -0.460. The van der Waals surface area contributed by atoms with E-state index in [1.165, 1.54) is 19.0 Å². The van der Waals surface area contributed by atoms with Gasteiger partial charge in [0.1, 0.15) is 13.6 Å². The third-order valence-corrected chi connectivity index (χ3v) is 13.3. The van der Waals surface area contributed by atoms with Gasteiger partial charge in [0.05, 0.1) is 5.25 Å². The summed E-state index contributed by atoms with van der Waals surface area (Å²) in [5, 5.41) is 17.3. The maximum absolute atomic E-state index is 14.4. The largest absolute Gasteiger partial charge is 0.583 e. The Bertz CT molecular complexity index is 1190. The number of urea groups is 1. The molecule has 0 spiro atoms. The van der Waals surface area contributed by atoms with E-state index >= 15 is 0 Å². The molecule has 5 rings (SSSR count). The lowest BCUT2D eigenvalue weighted by molar-refractivity contribution is -1.45. The Morgan fingerprint density at radius 2 is 1.59 bits per heavy atom. The molecule has 5 aliphatic rings. The standard InChI is InChI=1S/C29H47F3N6O5S/c1-33-28(40)34-22-7-9-23(10-8-22)44(42,43)36-16-11-20(12-17-36)21-13-18-38(2)24(19-21)25(26(37(38)41)29(30,31)32)27(39)35-14-5-3-4-6-15-35/h19-23,25-26,37H,3-18H2,1-2H3,(H-,33,34,40)/p+1. The van der Waals surface area contributed by atoms with Crippen molar-refractivity contribution in [2.24, 2.45) is 17.8 Å². The van der Waals surface area contributed by atoms with Crippen molar-refractivity contribution in [3.8, 4) is 0 Å². The number of hydroxylamine groups is 1. The summed E-state index contributed by atoms with van der Waals surface area (Å²) < 4.78 is 71.3. The molecule has 4 fully saturated rings. The van der Waals surface area contributed by atoms with Crippen molar-refractivity contribution in [1.82, 2.24) is 19.8 Å². The van der Waals surface area contributed by atoms with Gasteiger partial charge in [-0.2, -0.15) is 18.3 Å². The van der Waals surface area contributed by atoms with Crippen molar-refractivity contribution >= 4 is 22.0 Å². The SMILES string of the molecule is CNC(=O)NC1CCC(S(=O)(=O)N2CCC(C3C=C4C(C(=O)N5CCCCCC5)C(C(F)(F)F)[NH+]([O-])[N+]4(C)CC3)CC2)CC1. The third kappa shape index (κ3) is 6.49. The lowest BCUT2D eigenvalue weighted by Crippen LogP contribution is -3.21. The molecule has 3 N–H and O–H groups in total. The van der Waals surface area contributed by atoms with Crippen molar-refractivity contribution < 1.29 is 40.9 Å². The summed E-state index contributed by atoms with van der Waals surface area (Å²) in [4.78, 5) is 26.9. The molecule has 3 saturated heterocycles. The zero-order valence-corrected chi connectivity index (χ0v) is 26.6. The number of fused-ring (bicyclic) bond motifs is 1. The number of rotatable bonds is 5. The normalized spacial score (nSPS) is 36.2. The van der Waals surface area contributed by atoms with Crippen LogP contribution in [0.4, 0.5) is 18.0 Å². The topological polar surface area (TPSA) is 126 Å². The van der Waals surface area contributed by atoms with Gasteiger partial charge >= 0.3 is 12.2 Å². The Balaban J connectivity index is 1.28. The van der Waals surface area contributed by atoms with Crippen LogP contribution in [0.1, 0.15) is 70.6 Å². The lowest BCUT2D eigenvalue weighted by Gasteiger charge is -2.43. The van der Waals surface area contributed by atoms with E-state index in [0.717, 1.165) is 25.7 Å². The number of sulfonamides is 1. The maximum atomic E-state index is 14.4. The highest BCUT2D eigenvalue weighted by molar-refractivity contribution is 7.89. The van der Waals surface area contributed by atoms with Crippen LogP contribution < -0.4 is 15.8 Å². The fourth-order valence-corrected chi connectivity index (χ4v) is 10.3. The van der Waals surface area contributed by atoms with E-state index in [9.17, 15) is 36.4 Å². The van der Waals surface area contributed by atoms with Crippen LogP contribution in [0.5, 0.6) is 0 Å². The number of nitrogens with zero attached hydrogens (tertiary/aromatic N) is 3. The predicted molar refractivity (Wildman–Crippen MR) is 157 cm³/mol. The average molecular weight is 650 g/mol. The average Bonchev–Trinajstić information content (AvgIpc) is 3.14. The molecule has 0 bridgehead atoms. The number of quaternary nitrogens is 2. The smallest absolute Gasteiger partial charge is 0.447 e. The molecular formula is C29H48F3N6O5S+. The number of carbonyl (C=O) groups excluding carboxylic acids is 2. The van der Waals surface area contributed by atoms with Crippen LogP contribution in [0.25, 0.3) is 0 Å². The molecule has 3 amide bonds. The van der Waals surface area contributed by atoms with Gasteiger partial charge in [-0.1, -0.05) is 12.8 Å². The fraction of sp³-hybridized carbons (Fsp3) is 0.862. The first-order valence-electron chi connectivity index (χ1n) is 16.2. The molecule has 1 aliphatic carbocycles. The van der Waals surface area contributed by atoms with E-state index in [2.05, 4.69) is 10.6 Å². The number of piperidine rings is 1. The number of carbonyl (C=O) groups is 2. The molecule has 1 saturated carbocycles. The monoisotopic (exact) mass is 649 g/mol. The van der Waals surface area contributed by atoms with Crippen LogP contribution >= 0.6 is 0 Å². The minimum Gasteiger partial charge on any atom is -0.583 e. The second-order valence-electron chi connectivity index (χ2n) is 13.5. The Kier molecular flexibility index (Phi) is 9.91. The highest BCUT2D eigenvalue weighted by Gasteiger charge is 2.69. The molecule has 0 aromatic rings. The number of likely N-dealkylation sites (tertiary alicyclic amines) is 1. The summed E-state index contributed by atoms with van der Waals surface area (Å²) in [6.07, 6.45) is 4.12. The summed E-state index contributed by atoms with van der Waals surface area (Å²) in [5.74, 6) is -2.19. The van der Waals surface area contributed by atoms with Gasteiger partial charge in [-0.05, 0) is 69.3 Å². The van der Waals surface area contributed by atoms with Crippen molar-refractivity contribution in [2.75, 3.05) is 46.8 Å². The van der Waals surface area contributed by atoms with Gasteiger partial charge in [-0.15, -0.1) is 4.59 Å². The first-order chi connectivity index (χ1) is 20.8. The summed E-state index contributed by atoms with van der Waals surface area (Å²) >= 11 is 0. The van der Waals surface area contributed by atoms with Crippen molar-refractivity contribution in [1.29, 1.82) is 0 Å². The Morgan fingerprint density at radius 1 is 0.977 bits per heavy atom. The van der Waals surface area contributed by atoms with Crippen molar-refractivity contribution in [2.45, 2.75) is 94.1 Å². The summed E-state index contributed by atoms with van der Waals surface area (Å²) in [6, 6.07) is -2.67. The van der Waals surface area contributed by atoms with Crippen LogP contribution in [0.15, 0.2) is 11.8 Å².